The molecule has 0 fully saturated rings. The van der Waals surface area contributed by atoms with E-state index < -0.39 is 6.36 Å². The van der Waals surface area contributed by atoms with Crippen LogP contribution >= 0.6 is 0 Å². The van der Waals surface area contributed by atoms with E-state index in [4.69, 9.17) is 0 Å². The third kappa shape index (κ3) is 2.71. The van der Waals surface area contributed by atoms with E-state index in [-0.39, 0.29) is 17.7 Å². The number of aromatic nitrogens is 3. The van der Waals surface area contributed by atoms with Crippen molar-refractivity contribution in [2.24, 2.45) is 0 Å². The van der Waals surface area contributed by atoms with Gasteiger partial charge in [-0.15, -0.1) is 17.9 Å². The number of aromatic amines is 1. The van der Waals surface area contributed by atoms with E-state index in [9.17, 15) is 18.0 Å². The number of rotatable bonds is 1. The van der Waals surface area contributed by atoms with E-state index in [2.05, 4.69) is 15.3 Å². The molecule has 0 bridgehead atoms. The molecule has 0 radical (unpaired) electrons. The van der Waals surface area contributed by atoms with Crippen LogP contribution in [0, 0.1) is 5.71 Å². The van der Waals surface area contributed by atoms with Gasteiger partial charge in [0.2, 0.25) is 0 Å². The van der Waals surface area contributed by atoms with Crippen molar-refractivity contribution in [1.29, 1.82) is 0 Å². The molecule has 9 heteroatoms. The molecule has 1 aromatic carbocycles. The molecule has 0 atom stereocenters. The molecule has 2 aliphatic rings. The van der Waals surface area contributed by atoms with Gasteiger partial charge in [-0.2, -0.15) is 0 Å². The first kappa shape index (κ1) is 16.2. The van der Waals surface area contributed by atoms with Gasteiger partial charge in [0.25, 0.3) is 5.35 Å². The van der Waals surface area contributed by atoms with Gasteiger partial charge in [0.05, 0.1) is 11.4 Å². The van der Waals surface area contributed by atoms with E-state index in [1.807, 2.05) is 24.3 Å². The second kappa shape index (κ2) is 5.65. The van der Waals surface area contributed by atoms with Crippen LogP contribution in [0.3, 0.4) is 0 Å². The number of fused-ring (bicyclic) bond motifs is 3. The smallest absolute Gasteiger partial charge is 0.406 e. The third-order valence-corrected chi connectivity index (χ3v) is 4.12. The van der Waals surface area contributed by atoms with Gasteiger partial charge in [-0.05, 0) is 37.3 Å². The average molecular weight is 363 g/mol. The number of alkyl halides is 3. The normalized spacial score (nSPS) is 18.0. The van der Waals surface area contributed by atoms with Crippen molar-refractivity contribution < 1.29 is 22.3 Å². The Morgan fingerprint density at radius 2 is 2.00 bits per heavy atom. The number of ether oxygens (including phenoxy) is 1. The zero-order valence-electron chi connectivity index (χ0n) is 13.6. The van der Waals surface area contributed by atoms with Gasteiger partial charge in [0.1, 0.15) is 11.5 Å². The van der Waals surface area contributed by atoms with E-state index in [0.717, 1.165) is 11.4 Å². The Kier molecular flexibility index (Phi) is 3.53. The number of nitrogens with zero attached hydrogens (tertiary/aromatic N) is 2. The highest BCUT2D eigenvalue weighted by atomic mass is 19.4. The molecular weight excluding hydrogens is 349 g/mol. The van der Waals surface area contributed by atoms with Crippen LogP contribution in [0.5, 0.6) is 0 Å². The summed E-state index contributed by atoms with van der Waals surface area (Å²) in [7, 11) is 0. The van der Waals surface area contributed by atoms with Crippen LogP contribution in [0.1, 0.15) is 13.3 Å². The number of H-pyrrole nitrogens is 1. The summed E-state index contributed by atoms with van der Waals surface area (Å²) in [5.74, 6) is -0.298. The molecule has 134 valence electrons. The fourth-order valence-corrected chi connectivity index (χ4v) is 3.02. The lowest BCUT2D eigenvalue weighted by Crippen LogP contribution is -2.46. The van der Waals surface area contributed by atoms with Crippen LogP contribution in [0.2, 0.25) is 0 Å². The molecule has 1 aromatic heterocycles. The Balaban J connectivity index is 1.83. The number of halogens is 3. The summed E-state index contributed by atoms with van der Waals surface area (Å²) in [4.78, 5) is 12.8. The van der Waals surface area contributed by atoms with Gasteiger partial charge >= 0.3 is 11.9 Å². The van der Waals surface area contributed by atoms with Gasteiger partial charge in [0, 0.05) is 6.42 Å². The lowest BCUT2D eigenvalue weighted by molar-refractivity contribution is -0.604. The first-order chi connectivity index (χ1) is 12.3. The summed E-state index contributed by atoms with van der Waals surface area (Å²) in [6.07, 6.45) is -0.725. The van der Waals surface area contributed by atoms with Crippen molar-refractivity contribution >= 4 is 11.4 Å². The molecule has 0 spiro atoms. The van der Waals surface area contributed by atoms with E-state index in [1.54, 1.807) is 11.6 Å². The number of para-hydroxylation sites is 2. The number of allylic oxidation sites excluding steroid dienone is 3. The lowest BCUT2D eigenvalue weighted by Gasteiger charge is -2.12. The summed E-state index contributed by atoms with van der Waals surface area (Å²) in [5, 5.41) is 6.62. The highest BCUT2D eigenvalue weighted by molar-refractivity contribution is 5.73. The Labute approximate surface area is 144 Å². The maximum atomic E-state index is 12.8. The first-order valence-corrected chi connectivity index (χ1v) is 7.81. The van der Waals surface area contributed by atoms with E-state index in [0.29, 0.717) is 16.8 Å². The minimum atomic E-state index is -4.74. The summed E-state index contributed by atoms with van der Waals surface area (Å²) in [6.45, 7) is 1.79. The summed E-state index contributed by atoms with van der Waals surface area (Å²) >= 11 is 0. The number of hydrogen-bond acceptors (Lipinski definition) is 3. The highest BCUT2D eigenvalue weighted by Gasteiger charge is 2.32. The first-order valence-electron chi connectivity index (χ1n) is 7.81. The van der Waals surface area contributed by atoms with Crippen molar-refractivity contribution in [1.82, 2.24) is 9.90 Å². The van der Waals surface area contributed by atoms with Crippen molar-refractivity contribution in [2.45, 2.75) is 19.7 Å². The third-order valence-electron chi connectivity index (χ3n) is 4.12. The molecule has 0 saturated heterocycles. The predicted octanol–water partition coefficient (Wildman–Crippen LogP) is 1.77. The molecule has 26 heavy (non-hydrogen) atoms. The Morgan fingerprint density at radius 1 is 1.23 bits per heavy atom. The van der Waals surface area contributed by atoms with Gasteiger partial charge < -0.3 is 10.1 Å². The monoisotopic (exact) mass is 363 g/mol. The maximum absolute atomic E-state index is 12.8. The Bertz CT molecular complexity index is 1140. The van der Waals surface area contributed by atoms with E-state index >= 15 is 0 Å². The molecular formula is C17H14F3N4O2+. The number of benzene rings is 1. The Hall–Kier alpha value is -3.23. The lowest BCUT2D eigenvalue weighted by atomic mass is 10.1. The number of anilines is 1. The van der Waals surface area contributed by atoms with Gasteiger partial charge in [-0.1, -0.05) is 21.7 Å². The number of nitrogens with one attached hydrogen (secondary N) is 2. The summed E-state index contributed by atoms with van der Waals surface area (Å²) < 4.78 is 43.7. The van der Waals surface area contributed by atoms with E-state index in [1.165, 1.54) is 22.6 Å². The topological polar surface area (TPSA) is 65.0 Å². The molecule has 0 amide bonds. The zero-order valence-corrected chi connectivity index (χ0v) is 13.6. The van der Waals surface area contributed by atoms with Crippen LogP contribution < -0.4 is 20.6 Å². The van der Waals surface area contributed by atoms with Crippen LogP contribution in [0.4, 0.5) is 18.9 Å². The highest BCUT2D eigenvalue weighted by Crippen LogP contribution is 2.24. The second-order valence-electron chi connectivity index (χ2n) is 5.87. The molecule has 0 unspecified atom stereocenters. The standard InChI is InChI=1S/C17H13F3N4O2/c1-10-15-16(25)23(11-6-8-12(9-7-11)26-17(18,19)20)22-24(15)14-5-3-2-4-13(14)21-10/h2-6,8-9,22H,7H2,1H3/p+1. The van der Waals surface area contributed by atoms with Gasteiger partial charge in [-0.25, -0.2) is 4.79 Å². The quantitative estimate of drug-likeness (QED) is 0.759. The minimum Gasteiger partial charge on any atom is -0.406 e. The van der Waals surface area contributed by atoms with Crippen molar-refractivity contribution in [3.63, 3.8) is 0 Å². The van der Waals surface area contributed by atoms with Gasteiger partial charge in [0.15, 0.2) is 5.69 Å². The largest absolute Gasteiger partial charge is 0.573 e. The van der Waals surface area contributed by atoms with Crippen LogP contribution in [-0.4, -0.2) is 16.3 Å². The van der Waals surface area contributed by atoms with Gasteiger partial charge in [-0.3, -0.25) is 0 Å². The SMILES string of the molecule is CC1=c2c(=O)[n+](=C3C=CC(OC(F)(F)F)=CC3)[nH]n2-c2ccccc2N1. The molecule has 1 aliphatic heterocycles. The molecule has 2 N–H and O–H groups in total. The predicted molar refractivity (Wildman–Crippen MR) is 86.5 cm³/mol. The molecule has 0 saturated carbocycles. The minimum absolute atomic E-state index is 0.121. The van der Waals surface area contributed by atoms with Crippen molar-refractivity contribution in [2.75, 3.05) is 5.32 Å². The molecule has 2 aromatic rings. The molecule has 2 heterocycles. The average Bonchev–Trinajstić information content (AvgIpc) is 2.93. The zero-order chi connectivity index (χ0) is 18.5. The Morgan fingerprint density at radius 3 is 2.69 bits per heavy atom. The second-order valence-corrected chi connectivity index (χ2v) is 5.87. The fourth-order valence-electron chi connectivity index (χ4n) is 3.02. The number of hydrogen-bond donors (Lipinski definition) is 2. The molecule has 1 aliphatic carbocycles. The van der Waals surface area contributed by atoms with Crippen molar-refractivity contribution in [3.05, 3.63) is 69.7 Å². The van der Waals surface area contributed by atoms with Crippen molar-refractivity contribution in [3.8, 4) is 5.69 Å². The maximum Gasteiger partial charge on any atom is 0.573 e. The van der Waals surface area contributed by atoms with Crippen LogP contribution in [-0.2, 0) is 4.74 Å². The molecule has 4 rings (SSSR count). The summed E-state index contributed by atoms with van der Waals surface area (Å²) in [5.41, 5.74) is 2.52. The summed E-state index contributed by atoms with van der Waals surface area (Å²) in [6, 6.07) is 7.48. The molecule has 6 nitrogen and oxygen atoms in total. The fraction of sp³-hybridized carbons (Fsp3) is 0.176. The van der Waals surface area contributed by atoms with Crippen LogP contribution in [0.15, 0.2) is 53.0 Å². The van der Waals surface area contributed by atoms with Crippen LogP contribution in [0.25, 0.3) is 11.4 Å².